The monoisotopic (exact) mass is 342 g/mol. The molecular weight excluding hydrogens is 324 g/mol. The lowest BCUT2D eigenvalue weighted by atomic mass is 10.1. The zero-order valence-electron chi connectivity index (χ0n) is 13.5. The molecule has 2 amide bonds. The van der Waals surface area contributed by atoms with Crippen molar-refractivity contribution in [2.24, 2.45) is 0 Å². The Kier molecular flexibility index (Phi) is 4.76. The Morgan fingerprint density at radius 2 is 2.04 bits per heavy atom. The van der Waals surface area contributed by atoms with Crippen LogP contribution in [0.2, 0.25) is 0 Å². The predicted octanol–water partition coefficient (Wildman–Crippen LogP) is 3.77. The third-order valence-electron chi connectivity index (χ3n) is 3.37. The number of rotatable bonds is 4. The molecule has 2 aromatic carbocycles. The Hall–Kier alpha value is -2.47. The van der Waals surface area contributed by atoms with Crippen LogP contribution in [0.1, 0.15) is 24.2 Å². The van der Waals surface area contributed by atoms with E-state index in [1.165, 1.54) is 11.8 Å². The third-order valence-corrected chi connectivity index (χ3v) is 4.45. The van der Waals surface area contributed by atoms with Crippen molar-refractivity contribution in [2.75, 3.05) is 16.4 Å². The Balaban J connectivity index is 1.81. The molecule has 1 aliphatic heterocycles. The van der Waals surface area contributed by atoms with Crippen molar-refractivity contribution in [3.63, 3.8) is 0 Å². The van der Waals surface area contributed by atoms with E-state index < -0.39 is 0 Å². The minimum atomic E-state index is -0.248. The number of fused-ring (bicyclic) bond motifs is 1. The first-order valence-corrected chi connectivity index (χ1v) is 8.65. The maximum absolute atomic E-state index is 12.5. The van der Waals surface area contributed by atoms with E-state index in [9.17, 15) is 9.59 Å². The average Bonchev–Trinajstić information content (AvgIpc) is 2.55. The molecule has 0 aromatic heterocycles. The summed E-state index contributed by atoms with van der Waals surface area (Å²) in [6.45, 7) is 3.87. The standard InChI is InChI=1S/C18H18N2O3S/c1-11(2)23-15-6-4-3-5-13(15)20-18(22)12-7-8-16-14(9-12)19-17(21)10-24-16/h3-9,11H,10H2,1-2H3,(H,19,21)(H,20,22). The van der Waals surface area contributed by atoms with E-state index >= 15 is 0 Å². The minimum absolute atomic E-state index is 0.0130. The summed E-state index contributed by atoms with van der Waals surface area (Å²) in [5, 5.41) is 5.66. The predicted molar refractivity (Wildman–Crippen MR) is 96.0 cm³/mol. The molecule has 0 saturated heterocycles. The first kappa shape index (κ1) is 16.4. The van der Waals surface area contributed by atoms with Crippen LogP contribution in [0.3, 0.4) is 0 Å². The van der Waals surface area contributed by atoms with Gasteiger partial charge in [0.05, 0.1) is 23.2 Å². The molecule has 0 spiro atoms. The van der Waals surface area contributed by atoms with Crippen LogP contribution in [0, 0.1) is 0 Å². The van der Waals surface area contributed by atoms with Crippen molar-refractivity contribution in [1.29, 1.82) is 0 Å². The number of thioether (sulfide) groups is 1. The van der Waals surface area contributed by atoms with Gasteiger partial charge in [0.1, 0.15) is 5.75 Å². The fourth-order valence-corrected chi connectivity index (χ4v) is 3.13. The van der Waals surface area contributed by atoms with Crippen LogP contribution < -0.4 is 15.4 Å². The van der Waals surface area contributed by atoms with Gasteiger partial charge in [0.2, 0.25) is 5.91 Å². The second kappa shape index (κ2) is 6.97. The van der Waals surface area contributed by atoms with Gasteiger partial charge in [0, 0.05) is 10.5 Å². The van der Waals surface area contributed by atoms with Gasteiger partial charge in [-0.3, -0.25) is 9.59 Å². The van der Waals surface area contributed by atoms with Crippen molar-refractivity contribution in [1.82, 2.24) is 0 Å². The third kappa shape index (κ3) is 3.71. The Morgan fingerprint density at radius 3 is 2.83 bits per heavy atom. The minimum Gasteiger partial charge on any atom is -0.489 e. The highest BCUT2D eigenvalue weighted by Crippen LogP contribution is 2.32. The van der Waals surface area contributed by atoms with Crippen molar-refractivity contribution in [3.8, 4) is 5.75 Å². The molecule has 0 bridgehead atoms. The van der Waals surface area contributed by atoms with Crippen LogP contribution in [0.25, 0.3) is 0 Å². The smallest absolute Gasteiger partial charge is 0.255 e. The van der Waals surface area contributed by atoms with Gasteiger partial charge in [0.25, 0.3) is 5.91 Å². The van der Waals surface area contributed by atoms with Crippen molar-refractivity contribution in [3.05, 3.63) is 48.0 Å². The lowest BCUT2D eigenvalue weighted by Gasteiger charge is -2.17. The molecule has 0 atom stereocenters. The zero-order chi connectivity index (χ0) is 17.1. The highest BCUT2D eigenvalue weighted by atomic mass is 32.2. The van der Waals surface area contributed by atoms with Gasteiger partial charge in [-0.15, -0.1) is 11.8 Å². The summed E-state index contributed by atoms with van der Waals surface area (Å²) in [4.78, 5) is 25.0. The molecule has 0 fully saturated rings. The lowest BCUT2D eigenvalue weighted by Crippen LogP contribution is -2.20. The number of benzene rings is 2. The van der Waals surface area contributed by atoms with Crippen LogP contribution in [-0.4, -0.2) is 23.7 Å². The SMILES string of the molecule is CC(C)Oc1ccccc1NC(=O)c1ccc2c(c1)NC(=O)CS2. The summed E-state index contributed by atoms with van der Waals surface area (Å²) in [5.41, 5.74) is 1.78. The topological polar surface area (TPSA) is 67.4 Å². The number of para-hydroxylation sites is 2. The van der Waals surface area contributed by atoms with E-state index in [2.05, 4.69) is 10.6 Å². The Morgan fingerprint density at radius 1 is 1.25 bits per heavy atom. The fourth-order valence-electron chi connectivity index (χ4n) is 2.35. The number of amides is 2. The van der Waals surface area contributed by atoms with E-state index in [1.807, 2.05) is 38.1 Å². The van der Waals surface area contributed by atoms with E-state index in [4.69, 9.17) is 4.74 Å². The number of carbonyl (C=O) groups excluding carboxylic acids is 2. The summed E-state index contributed by atoms with van der Waals surface area (Å²) < 4.78 is 5.71. The number of hydrogen-bond donors (Lipinski definition) is 2. The molecular formula is C18H18N2O3S. The largest absolute Gasteiger partial charge is 0.489 e. The van der Waals surface area contributed by atoms with Gasteiger partial charge in [-0.1, -0.05) is 12.1 Å². The molecule has 0 aliphatic carbocycles. The van der Waals surface area contributed by atoms with Gasteiger partial charge >= 0.3 is 0 Å². The van der Waals surface area contributed by atoms with Crippen LogP contribution in [0.15, 0.2) is 47.4 Å². The molecule has 2 aromatic rings. The van der Waals surface area contributed by atoms with E-state index in [0.29, 0.717) is 28.4 Å². The normalized spacial score (nSPS) is 13.2. The molecule has 1 heterocycles. The first-order chi connectivity index (χ1) is 11.5. The first-order valence-electron chi connectivity index (χ1n) is 7.66. The van der Waals surface area contributed by atoms with Crippen molar-refractivity contribution < 1.29 is 14.3 Å². The highest BCUT2D eigenvalue weighted by Gasteiger charge is 2.18. The van der Waals surface area contributed by atoms with Crippen LogP contribution in [-0.2, 0) is 4.79 Å². The Labute approximate surface area is 144 Å². The summed E-state index contributed by atoms with van der Waals surface area (Å²) in [6, 6.07) is 12.6. The molecule has 0 saturated carbocycles. The van der Waals surface area contributed by atoms with Gasteiger partial charge < -0.3 is 15.4 Å². The molecule has 2 N–H and O–H groups in total. The van der Waals surface area contributed by atoms with Gasteiger partial charge in [0.15, 0.2) is 0 Å². The van der Waals surface area contributed by atoms with Crippen molar-refractivity contribution in [2.45, 2.75) is 24.8 Å². The van der Waals surface area contributed by atoms with Crippen LogP contribution >= 0.6 is 11.8 Å². The van der Waals surface area contributed by atoms with Crippen LogP contribution in [0.5, 0.6) is 5.75 Å². The molecule has 1 aliphatic rings. The van der Waals surface area contributed by atoms with Crippen molar-refractivity contribution >= 4 is 35.0 Å². The maximum atomic E-state index is 12.5. The summed E-state index contributed by atoms with van der Waals surface area (Å²) in [7, 11) is 0. The quantitative estimate of drug-likeness (QED) is 0.887. The molecule has 0 radical (unpaired) electrons. The fraction of sp³-hybridized carbons (Fsp3) is 0.222. The second-order valence-corrected chi connectivity index (χ2v) is 6.68. The maximum Gasteiger partial charge on any atom is 0.255 e. The number of ether oxygens (including phenoxy) is 1. The number of anilines is 2. The van der Waals surface area contributed by atoms with Crippen LogP contribution in [0.4, 0.5) is 11.4 Å². The lowest BCUT2D eigenvalue weighted by molar-refractivity contribution is -0.113. The van der Waals surface area contributed by atoms with Gasteiger partial charge in [-0.2, -0.15) is 0 Å². The molecule has 6 heteroatoms. The number of hydrogen-bond acceptors (Lipinski definition) is 4. The molecule has 3 rings (SSSR count). The number of carbonyl (C=O) groups is 2. The average molecular weight is 342 g/mol. The Bertz CT molecular complexity index is 790. The zero-order valence-corrected chi connectivity index (χ0v) is 14.3. The van der Waals surface area contributed by atoms with Gasteiger partial charge in [-0.05, 0) is 44.2 Å². The summed E-state index contributed by atoms with van der Waals surface area (Å²) in [6.07, 6.45) is 0.0130. The van der Waals surface area contributed by atoms with Gasteiger partial charge in [-0.25, -0.2) is 0 Å². The molecule has 0 unspecified atom stereocenters. The number of nitrogens with one attached hydrogen (secondary N) is 2. The highest BCUT2D eigenvalue weighted by molar-refractivity contribution is 8.00. The van der Waals surface area contributed by atoms with E-state index in [-0.39, 0.29) is 17.9 Å². The second-order valence-electron chi connectivity index (χ2n) is 5.66. The summed E-state index contributed by atoms with van der Waals surface area (Å²) >= 11 is 1.47. The molecule has 24 heavy (non-hydrogen) atoms. The summed E-state index contributed by atoms with van der Waals surface area (Å²) in [5.74, 6) is 0.726. The van der Waals surface area contributed by atoms with E-state index in [0.717, 1.165) is 4.90 Å². The molecule has 5 nitrogen and oxygen atoms in total. The molecule has 124 valence electrons. The van der Waals surface area contributed by atoms with E-state index in [1.54, 1.807) is 18.2 Å².